The summed E-state index contributed by atoms with van der Waals surface area (Å²) < 4.78 is 0. The second-order valence-corrected chi connectivity index (χ2v) is 6.18. The summed E-state index contributed by atoms with van der Waals surface area (Å²) >= 11 is 0. The van der Waals surface area contributed by atoms with Crippen LogP contribution in [0.5, 0.6) is 0 Å². The van der Waals surface area contributed by atoms with Crippen molar-refractivity contribution in [2.24, 2.45) is 11.3 Å². The number of rotatable bonds is 5. The lowest BCUT2D eigenvalue weighted by Gasteiger charge is -2.33. The van der Waals surface area contributed by atoms with Crippen LogP contribution in [-0.4, -0.2) is 16.9 Å². The highest BCUT2D eigenvalue weighted by molar-refractivity contribution is 6.02. The van der Waals surface area contributed by atoms with Crippen LogP contribution in [0.3, 0.4) is 0 Å². The van der Waals surface area contributed by atoms with Gasteiger partial charge >= 0.3 is 5.97 Å². The zero-order valence-electron chi connectivity index (χ0n) is 12.2. The van der Waals surface area contributed by atoms with Crippen LogP contribution in [0.4, 0.5) is 0 Å². The number of carbonyl (C=O) groups is 2. The van der Waals surface area contributed by atoms with Gasteiger partial charge < -0.3 is 5.11 Å². The van der Waals surface area contributed by atoms with Crippen molar-refractivity contribution in [3.05, 3.63) is 35.4 Å². The van der Waals surface area contributed by atoms with Gasteiger partial charge in [0.05, 0.1) is 5.92 Å². The molecule has 2 unspecified atom stereocenters. The van der Waals surface area contributed by atoms with Crippen LogP contribution in [0.1, 0.15) is 55.5 Å². The van der Waals surface area contributed by atoms with E-state index >= 15 is 0 Å². The second-order valence-electron chi connectivity index (χ2n) is 6.18. The summed E-state index contributed by atoms with van der Waals surface area (Å²) in [6.07, 6.45) is 4.01. The molecule has 0 saturated carbocycles. The SMILES string of the molecule is CC(CCCC1(C)CCc2ccccc2C1=O)C(=O)O. The van der Waals surface area contributed by atoms with Crippen molar-refractivity contribution in [1.29, 1.82) is 0 Å². The topological polar surface area (TPSA) is 54.4 Å². The van der Waals surface area contributed by atoms with Gasteiger partial charge in [0, 0.05) is 11.0 Å². The average molecular weight is 274 g/mol. The third kappa shape index (κ3) is 2.92. The third-order valence-corrected chi connectivity index (χ3v) is 4.54. The minimum absolute atomic E-state index is 0.224. The Morgan fingerprint density at radius 2 is 2.10 bits per heavy atom. The molecule has 1 aliphatic rings. The lowest BCUT2D eigenvalue weighted by molar-refractivity contribution is -0.141. The van der Waals surface area contributed by atoms with Crippen molar-refractivity contribution < 1.29 is 14.7 Å². The fourth-order valence-corrected chi connectivity index (χ4v) is 2.97. The maximum atomic E-state index is 12.6. The number of carbonyl (C=O) groups excluding carboxylic acids is 1. The van der Waals surface area contributed by atoms with Crippen LogP contribution in [0.25, 0.3) is 0 Å². The molecule has 108 valence electrons. The Morgan fingerprint density at radius 1 is 1.40 bits per heavy atom. The van der Waals surface area contributed by atoms with Gasteiger partial charge in [0.15, 0.2) is 5.78 Å². The predicted molar refractivity (Wildman–Crippen MR) is 77.9 cm³/mol. The molecule has 1 aromatic rings. The fraction of sp³-hybridized carbons (Fsp3) is 0.529. The fourth-order valence-electron chi connectivity index (χ4n) is 2.97. The first-order chi connectivity index (χ1) is 9.44. The van der Waals surface area contributed by atoms with Gasteiger partial charge in [0.25, 0.3) is 0 Å². The number of aliphatic carboxylic acids is 1. The molecule has 1 aliphatic carbocycles. The first kappa shape index (κ1) is 14.8. The number of ketones is 1. The Balaban J connectivity index is 2.02. The first-order valence-corrected chi connectivity index (χ1v) is 7.29. The van der Waals surface area contributed by atoms with Crippen molar-refractivity contribution in [3.8, 4) is 0 Å². The van der Waals surface area contributed by atoms with E-state index < -0.39 is 5.97 Å². The molecular formula is C17H22O3. The third-order valence-electron chi connectivity index (χ3n) is 4.54. The molecule has 0 spiro atoms. The van der Waals surface area contributed by atoms with E-state index in [1.807, 2.05) is 31.2 Å². The maximum Gasteiger partial charge on any atom is 0.306 e. The molecule has 20 heavy (non-hydrogen) atoms. The van der Waals surface area contributed by atoms with Gasteiger partial charge in [-0.15, -0.1) is 0 Å². The van der Waals surface area contributed by atoms with E-state index in [1.165, 1.54) is 0 Å². The lowest BCUT2D eigenvalue weighted by atomic mass is 9.69. The molecule has 2 rings (SSSR count). The molecule has 3 heteroatoms. The Morgan fingerprint density at radius 3 is 2.80 bits per heavy atom. The molecule has 0 heterocycles. The molecule has 0 saturated heterocycles. The van der Waals surface area contributed by atoms with Gasteiger partial charge in [0.1, 0.15) is 0 Å². The molecule has 0 aliphatic heterocycles. The van der Waals surface area contributed by atoms with Crippen LogP contribution < -0.4 is 0 Å². The lowest BCUT2D eigenvalue weighted by Crippen LogP contribution is -2.33. The quantitative estimate of drug-likeness (QED) is 0.890. The van der Waals surface area contributed by atoms with Gasteiger partial charge in [-0.2, -0.15) is 0 Å². The number of hydrogen-bond donors (Lipinski definition) is 1. The highest BCUT2D eigenvalue weighted by Gasteiger charge is 2.37. The Bertz CT molecular complexity index is 521. The molecule has 0 fully saturated rings. The van der Waals surface area contributed by atoms with Gasteiger partial charge in [-0.25, -0.2) is 0 Å². The first-order valence-electron chi connectivity index (χ1n) is 7.29. The van der Waals surface area contributed by atoms with Crippen molar-refractivity contribution in [3.63, 3.8) is 0 Å². The number of carboxylic acids is 1. The summed E-state index contributed by atoms with van der Waals surface area (Å²) in [5.41, 5.74) is 1.67. The standard InChI is InChI=1S/C17H22O3/c1-12(16(19)20)6-5-10-17(2)11-9-13-7-3-4-8-14(13)15(17)18/h3-4,7-8,12H,5-6,9-11H2,1-2H3,(H,19,20). The van der Waals surface area contributed by atoms with E-state index in [0.29, 0.717) is 6.42 Å². The van der Waals surface area contributed by atoms with Crippen molar-refractivity contribution in [1.82, 2.24) is 0 Å². The van der Waals surface area contributed by atoms with E-state index in [0.717, 1.165) is 36.8 Å². The summed E-state index contributed by atoms with van der Waals surface area (Å²) in [5, 5.41) is 8.90. The smallest absolute Gasteiger partial charge is 0.306 e. The van der Waals surface area contributed by atoms with Gasteiger partial charge in [-0.05, 0) is 31.2 Å². The molecule has 2 atom stereocenters. The average Bonchev–Trinajstić information content (AvgIpc) is 2.43. The molecule has 0 radical (unpaired) electrons. The number of Topliss-reactive ketones (excluding diaryl/α,β-unsaturated/α-hetero) is 1. The summed E-state index contributed by atoms with van der Waals surface area (Å²) in [6.45, 7) is 3.75. The zero-order chi connectivity index (χ0) is 14.8. The number of hydrogen-bond acceptors (Lipinski definition) is 2. The number of benzene rings is 1. The van der Waals surface area contributed by atoms with E-state index in [2.05, 4.69) is 0 Å². The molecule has 3 nitrogen and oxygen atoms in total. The van der Waals surface area contributed by atoms with Crippen molar-refractivity contribution >= 4 is 11.8 Å². The normalized spacial score (nSPS) is 23.2. The summed E-state index contributed by atoms with van der Waals surface area (Å²) in [7, 11) is 0. The van der Waals surface area contributed by atoms with Crippen molar-refractivity contribution in [2.45, 2.75) is 46.0 Å². The minimum atomic E-state index is -0.754. The Kier molecular flexibility index (Phi) is 4.26. The van der Waals surface area contributed by atoms with Gasteiger partial charge in [-0.3, -0.25) is 9.59 Å². The van der Waals surface area contributed by atoms with Gasteiger partial charge in [0.2, 0.25) is 0 Å². The molecule has 1 aromatic carbocycles. The largest absolute Gasteiger partial charge is 0.481 e. The van der Waals surface area contributed by atoms with Gasteiger partial charge in [-0.1, -0.05) is 44.5 Å². The summed E-state index contributed by atoms with van der Waals surface area (Å²) in [5.74, 6) is -0.859. The monoisotopic (exact) mass is 274 g/mol. The summed E-state index contributed by atoms with van der Waals surface area (Å²) in [6, 6.07) is 7.83. The second kappa shape index (κ2) is 5.78. The number of aryl methyl sites for hydroxylation is 1. The van der Waals surface area contributed by atoms with E-state index in [9.17, 15) is 9.59 Å². The van der Waals surface area contributed by atoms with Crippen molar-refractivity contribution in [2.75, 3.05) is 0 Å². The Labute approximate surface area is 120 Å². The predicted octanol–water partition coefficient (Wildman–Crippen LogP) is 3.71. The van der Waals surface area contributed by atoms with Crippen LogP contribution >= 0.6 is 0 Å². The van der Waals surface area contributed by atoms with Crippen LogP contribution in [0.15, 0.2) is 24.3 Å². The maximum absolute atomic E-state index is 12.6. The molecule has 0 amide bonds. The number of fused-ring (bicyclic) bond motifs is 1. The highest BCUT2D eigenvalue weighted by Crippen LogP contribution is 2.39. The Hall–Kier alpha value is -1.64. The van der Waals surface area contributed by atoms with Crippen LogP contribution in [0, 0.1) is 11.3 Å². The van der Waals surface area contributed by atoms with Crippen LogP contribution in [0.2, 0.25) is 0 Å². The molecule has 1 N–H and O–H groups in total. The minimum Gasteiger partial charge on any atom is -0.481 e. The van der Waals surface area contributed by atoms with Crippen LogP contribution in [-0.2, 0) is 11.2 Å². The van der Waals surface area contributed by atoms with E-state index in [4.69, 9.17) is 5.11 Å². The molecule has 0 aromatic heterocycles. The molecular weight excluding hydrogens is 252 g/mol. The zero-order valence-corrected chi connectivity index (χ0v) is 12.2. The molecule has 0 bridgehead atoms. The van der Waals surface area contributed by atoms with E-state index in [-0.39, 0.29) is 17.1 Å². The van der Waals surface area contributed by atoms with E-state index in [1.54, 1.807) is 6.92 Å². The highest BCUT2D eigenvalue weighted by atomic mass is 16.4. The number of carboxylic acid groups (broad SMARTS) is 1. The summed E-state index contributed by atoms with van der Waals surface area (Å²) in [4.78, 5) is 23.5.